The Labute approximate surface area is 180 Å². The molecule has 0 spiro atoms. The van der Waals surface area contributed by atoms with Crippen molar-refractivity contribution in [2.75, 3.05) is 13.1 Å². The first-order chi connectivity index (χ1) is 14.3. The highest BCUT2D eigenvalue weighted by Crippen LogP contribution is 2.61. The quantitative estimate of drug-likeness (QED) is 0.557. The fourth-order valence-corrected chi connectivity index (χ4v) is 7.38. The maximum absolute atomic E-state index is 12.4. The molecule has 166 valence electrons. The second-order valence-corrected chi connectivity index (χ2v) is 11.5. The summed E-state index contributed by atoms with van der Waals surface area (Å²) in [7, 11) is -3.67. The number of nitrogens with two attached hydrogens (primary N) is 1. The van der Waals surface area contributed by atoms with Crippen LogP contribution in [-0.2, 0) is 21.2 Å². The van der Waals surface area contributed by atoms with Crippen molar-refractivity contribution in [3.05, 3.63) is 29.8 Å². The smallest absolute Gasteiger partial charge is 0.238 e. The van der Waals surface area contributed by atoms with Gasteiger partial charge < -0.3 is 10.6 Å². The number of benzene rings is 1. The van der Waals surface area contributed by atoms with E-state index in [4.69, 9.17) is 5.14 Å². The van der Waals surface area contributed by atoms with Gasteiger partial charge in [-0.25, -0.2) is 13.6 Å². The van der Waals surface area contributed by atoms with E-state index in [-0.39, 0.29) is 10.8 Å². The van der Waals surface area contributed by atoms with E-state index in [2.05, 4.69) is 17.6 Å². The Morgan fingerprint density at radius 1 is 1.10 bits per heavy atom. The van der Waals surface area contributed by atoms with Gasteiger partial charge in [0.05, 0.1) is 11.4 Å². The summed E-state index contributed by atoms with van der Waals surface area (Å²) in [5.41, 5.74) is 1.38. The van der Waals surface area contributed by atoms with E-state index in [0.717, 1.165) is 29.7 Å². The number of primary sulfonamides is 1. The largest absolute Gasteiger partial charge is 0.355 e. The lowest BCUT2D eigenvalue weighted by molar-refractivity contribution is -0.121. The second-order valence-electron chi connectivity index (χ2n) is 9.91. The lowest BCUT2D eigenvalue weighted by Gasteiger charge is -2.59. The molecule has 0 radical (unpaired) electrons. The summed E-state index contributed by atoms with van der Waals surface area (Å²) in [6.45, 7) is 3.15. The number of carbonyl (C=O) groups is 1. The lowest BCUT2D eigenvalue weighted by atomic mass is 9.47. The van der Waals surface area contributed by atoms with Crippen LogP contribution in [0.5, 0.6) is 0 Å². The Morgan fingerprint density at radius 3 is 2.17 bits per heavy atom. The van der Waals surface area contributed by atoms with Gasteiger partial charge in [0.1, 0.15) is 0 Å². The topological polar surface area (TPSA) is 101 Å². The van der Waals surface area contributed by atoms with E-state index in [1.54, 1.807) is 12.1 Å². The third kappa shape index (κ3) is 4.73. The highest BCUT2D eigenvalue weighted by molar-refractivity contribution is 7.89. The van der Waals surface area contributed by atoms with Gasteiger partial charge in [0, 0.05) is 12.6 Å². The summed E-state index contributed by atoms with van der Waals surface area (Å²) >= 11 is 0. The number of hydrogen-bond acceptors (Lipinski definition) is 4. The molecule has 4 saturated carbocycles. The van der Waals surface area contributed by atoms with Gasteiger partial charge in [0.25, 0.3) is 0 Å². The molecule has 1 amide bonds. The molecule has 7 heteroatoms. The van der Waals surface area contributed by atoms with Gasteiger partial charge in [0.2, 0.25) is 15.9 Å². The number of amides is 1. The predicted octanol–water partition coefficient (Wildman–Crippen LogP) is 2.58. The molecule has 4 aliphatic rings. The fraction of sp³-hybridized carbons (Fsp3) is 0.696. The molecule has 0 aromatic heterocycles. The van der Waals surface area contributed by atoms with Crippen molar-refractivity contribution in [2.24, 2.45) is 28.3 Å². The van der Waals surface area contributed by atoms with Crippen LogP contribution in [0.2, 0.25) is 0 Å². The number of nitrogens with one attached hydrogen (secondary N) is 2. The van der Waals surface area contributed by atoms with Crippen LogP contribution in [0.25, 0.3) is 0 Å². The minimum atomic E-state index is -3.67. The van der Waals surface area contributed by atoms with Gasteiger partial charge in [-0.15, -0.1) is 0 Å². The second kappa shape index (κ2) is 8.60. The molecule has 4 N–H and O–H groups in total. The van der Waals surface area contributed by atoms with Gasteiger partial charge >= 0.3 is 0 Å². The number of sulfonamides is 1. The Kier molecular flexibility index (Phi) is 6.24. The number of rotatable bonds is 9. The molecule has 1 aromatic rings. The van der Waals surface area contributed by atoms with Crippen molar-refractivity contribution in [1.82, 2.24) is 10.6 Å². The summed E-state index contributed by atoms with van der Waals surface area (Å²) in [6.07, 6.45) is 10.1. The molecule has 0 heterocycles. The van der Waals surface area contributed by atoms with Gasteiger partial charge in [-0.05, 0) is 92.2 Å². The molecule has 4 fully saturated rings. The average molecular weight is 434 g/mol. The molecular formula is C23H35N3O3S. The molecule has 1 atom stereocenters. The molecule has 6 nitrogen and oxygen atoms in total. The zero-order valence-electron chi connectivity index (χ0n) is 17.9. The van der Waals surface area contributed by atoms with Crippen LogP contribution in [0.15, 0.2) is 29.2 Å². The first kappa shape index (κ1) is 21.8. The molecule has 0 aliphatic heterocycles. The van der Waals surface area contributed by atoms with E-state index in [1.165, 1.54) is 50.7 Å². The summed E-state index contributed by atoms with van der Waals surface area (Å²) in [5.74, 6) is 2.78. The monoisotopic (exact) mass is 433 g/mol. The Morgan fingerprint density at radius 2 is 1.67 bits per heavy atom. The molecular weight excluding hydrogens is 398 g/mol. The van der Waals surface area contributed by atoms with Crippen molar-refractivity contribution in [3.63, 3.8) is 0 Å². The first-order valence-corrected chi connectivity index (χ1v) is 12.9. The van der Waals surface area contributed by atoms with Gasteiger partial charge in [-0.3, -0.25) is 4.79 Å². The number of hydrogen-bond donors (Lipinski definition) is 3. The average Bonchev–Trinajstić information content (AvgIpc) is 2.67. The Bertz CT molecular complexity index is 831. The molecule has 30 heavy (non-hydrogen) atoms. The van der Waals surface area contributed by atoms with Gasteiger partial charge in [-0.2, -0.15) is 0 Å². The summed E-state index contributed by atoms with van der Waals surface area (Å²) in [4.78, 5) is 12.5. The summed E-state index contributed by atoms with van der Waals surface area (Å²) in [5, 5.41) is 11.7. The van der Waals surface area contributed by atoms with Crippen LogP contribution in [0.3, 0.4) is 0 Å². The third-order valence-corrected chi connectivity index (χ3v) is 8.66. The molecule has 1 aromatic carbocycles. The number of carbonyl (C=O) groups excluding carboxylic acids is 1. The Hall–Kier alpha value is -1.44. The lowest BCUT2D eigenvalue weighted by Crippen LogP contribution is -2.56. The van der Waals surface area contributed by atoms with Crippen LogP contribution in [0, 0.1) is 23.2 Å². The molecule has 0 saturated heterocycles. The molecule has 5 rings (SSSR count). The Balaban J connectivity index is 1.23. The van der Waals surface area contributed by atoms with Crippen molar-refractivity contribution >= 4 is 15.9 Å². The predicted molar refractivity (Wildman–Crippen MR) is 117 cm³/mol. The van der Waals surface area contributed by atoms with Crippen molar-refractivity contribution in [2.45, 2.75) is 69.2 Å². The van der Waals surface area contributed by atoms with Crippen LogP contribution in [0.4, 0.5) is 0 Å². The zero-order chi connectivity index (χ0) is 21.4. The van der Waals surface area contributed by atoms with E-state index in [1.807, 2.05) is 0 Å². The summed E-state index contributed by atoms with van der Waals surface area (Å²) < 4.78 is 22.6. The fourth-order valence-electron chi connectivity index (χ4n) is 6.87. The molecule has 4 aliphatic carbocycles. The van der Waals surface area contributed by atoms with Crippen LogP contribution < -0.4 is 15.8 Å². The maximum Gasteiger partial charge on any atom is 0.238 e. The minimum absolute atomic E-state index is 0.0272. The van der Waals surface area contributed by atoms with Gasteiger partial charge in [0.15, 0.2) is 0 Å². The zero-order valence-corrected chi connectivity index (χ0v) is 18.7. The SMILES string of the molecule is CC[C@H](NCC(=O)NCCc1ccc(S(N)(=O)=O)cc1)C12CC3CC(CC(C3)C1)C2. The first-order valence-electron chi connectivity index (χ1n) is 11.4. The van der Waals surface area contributed by atoms with E-state index in [9.17, 15) is 13.2 Å². The van der Waals surface area contributed by atoms with Crippen molar-refractivity contribution < 1.29 is 13.2 Å². The molecule has 0 unspecified atom stereocenters. The highest BCUT2D eigenvalue weighted by Gasteiger charge is 2.53. The van der Waals surface area contributed by atoms with Crippen LogP contribution in [-0.4, -0.2) is 33.5 Å². The van der Waals surface area contributed by atoms with Gasteiger partial charge in [-0.1, -0.05) is 19.1 Å². The summed E-state index contributed by atoms with van der Waals surface area (Å²) in [6, 6.07) is 6.92. The minimum Gasteiger partial charge on any atom is -0.355 e. The van der Waals surface area contributed by atoms with Crippen LogP contribution in [0.1, 0.15) is 57.4 Å². The maximum atomic E-state index is 12.4. The van der Waals surface area contributed by atoms with E-state index in [0.29, 0.717) is 31.0 Å². The van der Waals surface area contributed by atoms with E-state index < -0.39 is 10.0 Å². The molecule has 4 bridgehead atoms. The highest BCUT2D eigenvalue weighted by atomic mass is 32.2. The van der Waals surface area contributed by atoms with Crippen LogP contribution >= 0.6 is 0 Å². The van der Waals surface area contributed by atoms with Crippen molar-refractivity contribution in [1.29, 1.82) is 0 Å². The van der Waals surface area contributed by atoms with Crippen molar-refractivity contribution in [3.8, 4) is 0 Å². The third-order valence-electron chi connectivity index (χ3n) is 7.73. The normalized spacial score (nSPS) is 30.9. The van der Waals surface area contributed by atoms with E-state index >= 15 is 0 Å². The standard InChI is InChI=1S/C23H35N3O3S/c1-2-21(23-12-17-9-18(13-23)11-19(10-17)14-23)26-15-22(27)25-8-7-16-3-5-20(6-4-16)30(24,28)29/h3-6,17-19,21,26H,2,7-15H2,1H3,(H,25,27)(H2,24,28,29)/t17?,18?,19?,21-,23?/m0/s1.